The number of nitrogens with zero attached hydrogens (tertiary/aromatic N) is 4. The molecule has 1 fully saturated rings. The average molecular weight is 483 g/mol. The van der Waals surface area contributed by atoms with Crippen molar-refractivity contribution in [3.05, 3.63) is 63.6 Å². The summed E-state index contributed by atoms with van der Waals surface area (Å²) in [5, 5.41) is 12.1. The van der Waals surface area contributed by atoms with Gasteiger partial charge in [-0.1, -0.05) is 15.9 Å². The number of rotatable bonds is 5. The van der Waals surface area contributed by atoms with Crippen LogP contribution in [0.15, 0.2) is 52.3 Å². The molecule has 0 radical (unpaired) electrons. The van der Waals surface area contributed by atoms with E-state index in [9.17, 15) is 0 Å². The number of hydrogen-bond donors (Lipinski definition) is 0. The summed E-state index contributed by atoms with van der Waals surface area (Å²) in [7, 11) is 1.69. The maximum atomic E-state index is 8.99. The number of methoxy groups -OCH3 is 1. The Hall–Kier alpha value is -2.40. The van der Waals surface area contributed by atoms with Gasteiger partial charge >= 0.3 is 0 Å². The van der Waals surface area contributed by atoms with Gasteiger partial charge in [-0.3, -0.25) is 4.90 Å². The Labute approximate surface area is 189 Å². The minimum absolute atomic E-state index is 0.705. The van der Waals surface area contributed by atoms with Crippen LogP contribution < -0.4 is 9.64 Å². The molecule has 0 aliphatic carbocycles. The third-order valence-electron chi connectivity index (χ3n) is 5.28. The zero-order valence-corrected chi connectivity index (χ0v) is 19.2. The second-order valence-electron chi connectivity index (χ2n) is 7.26. The van der Waals surface area contributed by atoms with Crippen molar-refractivity contribution >= 4 is 33.0 Å². The van der Waals surface area contributed by atoms with Crippen molar-refractivity contribution in [2.75, 3.05) is 38.2 Å². The van der Waals surface area contributed by atoms with Gasteiger partial charge in [-0.05, 0) is 48.9 Å². The standard InChI is InChI=1S/C23H23BrN4OS/c1-29-22-8-5-18(24)13-21(22)23-26-19(16-30-23)15-27-9-2-10-28(12-11-27)20-6-3-17(14-25)4-7-20/h3-8,13,16H,2,9-12,15H2,1H3. The van der Waals surface area contributed by atoms with E-state index in [1.165, 1.54) is 5.69 Å². The quantitative estimate of drug-likeness (QED) is 0.502. The van der Waals surface area contributed by atoms with Gasteiger partial charge in [-0.25, -0.2) is 4.98 Å². The summed E-state index contributed by atoms with van der Waals surface area (Å²) in [6, 6.07) is 16.1. The SMILES string of the molecule is COc1ccc(Br)cc1-c1nc(CN2CCCN(c3ccc(C#N)cc3)CC2)cs1. The third kappa shape index (κ3) is 4.84. The fourth-order valence-electron chi connectivity index (χ4n) is 3.71. The van der Waals surface area contributed by atoms with Crippen molar-refractivity contribution < 1.29 is 4.74 Å². The predicted molar refractivity (Wildman–Crippen MR) is 125 cm³/mol. The minimum Gasteiger partial charge on any atom is -0.496 e. The summed E-state index contributed by atoms with van der Waals surface area (Å²) >= 11 is 5.20. The highest BCUT2D eigenvalue weighted by molar-refractivity contribution is 9.10. The Balaban J connectivity index is 1.41. The first-order valence-electron chi connectivity index (χ1n) is 9.92. The van der Waals surface area contributed by atoms with Crippen molar-refractivity contribution in [1.29, 1.82) is 5.26 Å². The van der Waals surface area contributed by atoms with E-state index in [4.69, 9.17) is 15.0 Å². The molecule has 0 amide bonds. The van der Waals surface area contributed by atoms with Gasteiger partial charge in [-0.2, -0.15) is 5.26 Å². The summed E-state index contributed by atoms with van der Waals surface area (Å²) in [4.78, 5) is 9.76. The molecule has 1 aromatic heterocycles. The van der Waals surface area contributed by atoms with Gasteiger partial charge in [-0.15, -0.1) is 11.3 Å². The van der Waals surface area contributed by atoms with E-state index in [-0.39, 0.29) is 0 Å². The average Bonchev–Trinajstić information content (AvgIpc) is 3.11. The van der Waals surface area contributed by atoms with Gasteiger partial charge < -0.3 is 9.64 Å². The highest BCUT2D eigenvalue weighted by atomic mass is 79.9. The number of ether oxygens (including phenoxy) is 1. The highest BCUT2D eigenvalue weighted by Gasteiger charge is 2.17. The molecule has 1 aliphatic rings. The Morgan fingerprint density at radius 1 is 1.13 bits per heavy atom. The van der Waals surface area contributed by atoms with Gasteiger partial charge in [0.1, 0.15) is 10.8 Å². The minimum atomic E-state index is 0.705. The van der Waals surface area contributed by atoms with Crippen molar-refractivity contribution in [3.63, 3.8) is 0 Å². The number of anilines is 1. The van der Waals surface area contributed by atoms with Crippen LogP contribution in [0.3, 0.4) is 0 Å². The van der Waals surface area contributed by atoms with Gasteiger partial charge in [0, 0.05) is 48.3 Å². The molecular formula is C23H23BrN4OS. The molecule has 3 aromatic rings. The molecule has 5 nitrogen and oxygen atoms in total. The molecule has 4 rings (SSSR count). The van der Waals surface area contributed by atoms with Crippen LogP contribution in [0.4, 0.5) is 5.69 Å². The van der Waals surface area contributed by atoms with Crippen molar-refractivity contribution in [3.8, 4) is 22.4 Å². The van der Waals surface area contributed by atoms with Crippen LogP contribution >= 0.6 is 27.3 Å². The largest absolute Gasteiger partial charge is 0.496 e. The number of nitriles is 1. The lowest BCUT2D eigenvalue weighted by atomic mass is 10.2. The number of halogens is 1. The van der Waals surface area contributed by atoms with E-state index >= 15 is 0 Å². The molecule has 1 saturated heterocycles. The fourth-order valence-corrected chi connectivity index (χ4v) is 4.91. The number of thiazole rings is 1. The molecule has 2 heterocycles. The van der Waals surface area contributed by atoms with Crippen LogP contribution in [0, 0.1) is 11.3 Å². The summed E-state index contributed by atoms with van der Waals surface area (Å²) in [5.41, 5.74) is 4.01. The fraction of sp³-hybridized carbons (Fsp3) is 0.304. The molecule has 30 heavy (non-hydrogen) atoms. The molecule has 0 N–H and O–H groups in total. The molecule has 2 aromatic carbocycles. The maximum Gasteiger partial charge on any atom is 0.129 e. The lowest BCUT2D eigenvalue weighted by molar-refractivity contribution is 0.282. The molecule has 0 unspecified atom stereocenters. The summed E-state index contributed by atoms with van der Waals surface area (Å²) < 4.78 is 6.53. The van der Waals surface area contributed by atoms with Crippen LogP contribution in [0.5, 0.6) is 5.75 Å². The molecule has 0 bridgehead atoms. The summed E-state index contributed by atoms with van der Waals surface area (Å²) in [5.74, 6) is 0.840. The number of aromatic nitrogens is 1. The molecule has 7 heteroatoms. The van der Waals surface area contributed by atoms with E-state index in [2.05, 4.69) is 43.2 Å². The van der Waals surface area contributed by atoms with Crippen LogP contribution in [0.25, 0.3) is 10.6 Å². The van der Waals surface area contributed by atoms with Crippen LogP contribution in [-0.2, 0) is 6.54 Å². The monoisotopic (exact) mass is 482 g/mol. The second kappa shape index (κ2) is 9.61. The van der Waals surface area contributed by atoms with Crippen molar-refractivity contribution in [1.82, 2.24) is 9.88 Å². The van der Waals surface area contributed by atoms with Gasteiger partial charge in [0.25, 0.3) is 0 Å². The van der Waals surface area contributed by atoms with Gasteiger partial charge in [0.05, 0.1) is 30.0 Å². The summed E-state index contributed by atoms with van der Waals surface area (Å²) in [6.45, 7) is 4.91. The van der Waals surface area contributed by atoms with Gasteiger partial charge in [0.15, 0.2) is 0 Å². The lowest BCUT2D eigenvalue weighted by Crippen LogP contribution is -2.30. The normalized spacial score (nSPS) is 14.9. The topological polar surface area (TPSA) is 52.4 Å². The molecule has 1 aliphatic heterocycles. The van der Waals surface area contributed by atoms with E-state index in [0.29, 0.717) is 5.56 Å². The number of hydrogen-bond acceptors (Lipinski definition) is 6. The van der Waals surface area contributed by atoms with E-state index < -0.39 is 0 Å². The maximum absolute atomic E-state index is 8.99. The van der Waals surface area contributed by atoms with Crippen molar-refractivity contribution in [2.45, 2.75) is 13.0 Å². The van der Waals surface area contributed by atoms with Gasteiger partial charge in [0.2, 0.25) is 0 Å². The van der Waals surface area contributed by atoms with E-state index in [1.54, 1.807) is 18.4 Å². The number of benzene rings is 2. The smallest absolute Gasteiger partial charge is 0.129 e. The molecule has 0 atom stereocenters. The molecular weight excluding hydrogens is 460 g/mol. The highest BCUT2D eigenvalue weighted by Crippen LogP contribution is 2.34. The lowest BCUT2D eigenvalue weighted by Gasteiger charge is -2.23. The van der Waals surface area contributed by atoms with Crippen LogP contribution in [0.1, 0.15) is 17.7 Å². The first-order chi connectivity index (χ1) is 14.7. The second-order valence-corrected chi connectivity index (χ2v) is 9.04. The predicted octanol–water partition coefficient (Wildman–Crippen LogP) is 5.17. The zero-order chi connectivity index (χ0) is 20.9. The summed E-state index contributed by atoms with van der Waals surface area (Å²) in [6.07, 6.45) is 1.11. The Bertz CT molecular complexity index is 1040. The molecule has 0 saturated carbocycles. The Morgan fingerprint density at radius 2 is 1.97 bits per heavy atom. The van der Waals surface area contributed by atoms with E-state index in [0.717, 1.165) is 65.6 Å². The zero-order valence-electron chi connectivity index (χ0n) is 16.8. The van der Waals surface area contributed by atoms with E-state index in [1.807, 2.05) is 36.4 Å². The first-order valence-corrected chi connectivity index (χ1v) is 11.6. The third-order valence-corrected chi connectivity index (χ3v) is 6.70. The Kier molecular flexibility index (Phi) is 6.68. The molecule has 0 spiro atoms. The van der Waals surface area contributed by atoms with Crippen molar-refractivity contribution in [2.24, 2.45) is 0 Å². The molecule has 154 valence electrons. The van der Waals surface area contributed by atoms with Crippen LogP contribution in [0.2, 0.25) is 0 Å². The first kappa shape index (κ1) is 20.9. The Morgan fingerprint density at radius 3 is 2.73 bits per heavy atom. The van der Waals surface area contributed by atoms with Crippen LogP contribution in [-0.4, -0.2) is 43.2 Å².